The Balaban J connectivity index is 2.36. The van der Waals surface area contributed by atoms with Crippen LogP contribution in [0.3, 0.4) is 0 Å². The van der Waals surface area contributed by atoms with Crippen molar-refractivity contribution in [2.45, 2.75) is 26.4 Å². The maximum Gasteiger partial charge on any atom is 0.407 e. The van der Waals surface area contributed by atoms with Gasteiger partial charge in [0, 0.05) is 18.9 Å². The molecule has 18 heavy (non-hydrogen) atoms. The van der Waals surface area contributed by atoms with Gasteiger partial charge in [-0.05, 0) is 32.4 Å². The van der Waals surface area contributed by atoms with Crippen LogP contribution in [-0.2, 0) is 4.74 Å². The average Bonchev–Trinajstić information content (AvgIpc) is 2.22. The topological polar surface area (TPSA) is 51.2 Å². The van der Waals surface area contributed by atoms with Crippen LogP contribution in [0.25, 0.3) is 6.08 Å². The van der Waals surface area contributed by atoms with Crippen molar-refractivity contribution < 1.29 is 9.53 Å². The first kappa shape index (κ1) is 14.5. The molecular weight excluding hydrogens is 252 g/mol. The maximum absolute atomic E-state index is 11.3. The molecule has 0 aromatic carbocycles. The van der Waals surface area contributed by atoms with Crippen LogP contribution in [0.2, 0.25) is 5.02 Å². The summed E-state index contributed by atoms with van der Waals surface area (Å²) in [6.07, 6.45) is 6.46. The molecule has 0 unspecified atom stereocenters. The summed E-state index contributed by atoms with van der Waals surface area (Å²) in [4.78, 5) is 15.3. The average molecular weight is 269 g/mol. The Morgan fingerprint density at radius 1 is 1.50 bits per heavy atom. The molecule has 1 aromatic rings. The van der Waals surface area contributed by atoms with Gasteiger partial charge in [-0.15, -0.1) is 0 Å². The van der Waals surface area contributed by atoms with Crippen LogP contribution in [0.5, 0.6) is 0 Å². The zero-order chi connectivity index (χ0) is 13.6. The number of nitrogens with zero attached hydrogens (tertiary/aromatic N) is 1. The molecule has 1 amide bonds. The van der Waals surface area contributed by atoms with Gasteiger partial charge in [0.25, 0.3) is 0 Å². The van der Waals surface area contributed by atoms with Gasteiger partial charge in [0.15, 0.2) is 0 Å². The smallest absolute Gasteiger partial charge is 0.407 e. The summed E-state index contributed by atoms with van der Waals surface area (Å²) in [5, 5.41) is 3.20. The number of hydrogen-bond acceptors (Lipinski definition) is 3. The van der Waals surface area contributed by atoms with Crippen LogP contribution in [0, 0.1) is 0 Å². The zero-order valence-electron chi connectivity index (χ0n) is 10.7. The third-order valence-electron chi connectivity index (χ3n) is 1.80. The van der Waals surface area contributed by atoms with E-state index in [-0.39, 0.29) is 0 Å². The number of alkyl carbamates (subject to hydrolysis) is 1. The van der Waals surface area contributed by atoms with Gasteiger partial charge in [-0.1, -0.05) is 23.8 Å². The molecular formula is C13H17ClN2O2. The number of amides is 1. The van der Waals surface area contributed by atoms with E-state index in [0.29, 0.717) is 11.6 Å². The Morgan fingerprint density at radius 2 is 2.22 bits per heavy atom. The minimum Gasteiger partial charge on any atom is -0.444 e. The van der Waals surface area contributed by atoms with Crippen LogP contribution in [0.4, 0.5) is 4.79 Å². The van der Waals surface area contributed by atoms with E-state index in [0.717, 1.165) is 5.56 Å². The molecule has 0 aliphatic carbocycles. The summed E-state index contributed by atoms with van der Waals surface area (Å²) in [5.41, 5.74) is 0.401. The van der Waals surface area contributed by atoms with E-state index < -0.39 is 11.7 Å². The van der Waals surface area contributed by atoms with Crippen molar-refractivity contribution in [3.8, 4) is 0 Å². The molecule has 1 aromatic heterocycles. The number of carbonyl (C=O) groups excluding carboxylic acids is 1. The van der Waals surface area contributed by atoms with Gasteiger partial charge in [-0.2, -0.15) is 0 Å². The first-order chi connectivity index (χ1) is 8.37. The minimum atomic E-state index is -0.481. The van der Waals surface area contributed by atoms with Gasteiger partial charge in [-0.25, -0.2) is 4.79 Å². The molecule has 98 valence electrons. The molecule has 1 N–H and O–H groups in total. The summed E-state index contributed by atoms with van der Waals surface area (Å²) in [6.45, 7) is 5.85. The van der Waals surface area contributed by atoms with Crippen LogP contribution >= 0.6 is 11.6 Å². The summed E-state index contributed by atoms with van der Waals surface area (Å²) < 4.78 is 5.09. The Kier molecular flexibility index (Phi) is 5.16. The molecule has 0 saturated carbocycles. The van der Waals surface area contributed by atoms with E-state index in [2.05, 4.69) is 10.3 Å². The van der Waals surface area contributed by atoms with Crippen LogP contribution in [0.1, 0.15) is 26.3 Å². The highest BCUT2D eigenvalue weighted by Gasteiger charge is 2.14. The van der Waals surface area contributed by atoms with Crippen molar-refractivity contribution in [1.29, 1.82) is 0 Å². The lowest BCUT2D eigenvalue weighted by Gasteiger charge is -2.19. The highest BCUT2D eigenvalue weighted by molar-refractivity contribution is 6.30. The number of hydrogen-bond donors (Lipinski definition) is 1. The third-order valence-corrected chi connectivity index (χ3v) is 2.01. The lowest BCUT2D eigenvalue weighted by molar-refractivity contribution is 0.0534. The molecule has 1 heterocycles. The fourth-order valence-electron chi connectivity index (χ4n) is 1.17. The monoisotopic (exact) mass is 268 g/mol. The Morgan fingerprint density at radius 3 is 2.83 bits per heavy atom. The molecule has 0 aliphatic rings. The number of nitrogens with one attached hydrogen (secondary N) is 1. The number of aromatic nitrogens is 1. The standard InChI is InChI=1S/C13H17ClN2O2/c1-13(2,3)18-12(17)16-6-4-5-10-7-11(14)9-15-8-10/h4-5,7-9H,6H2,1-3H3,(H,16,17). The molecule has 0 saturated heterocycles. The minimum absolute atomic E-state index is 0.390. The van der Waals surface area contributed by atoms with E-state index in [1.165, 1.54) is 0 Å². The number of halogens is 1. The van der Waals surface area contributed by atoms with Crippen molar-refractivity contribution >= 4 is 23.8 Å². The number of carbonyl (C=O) groups is 1. The summed E-state index contributed by atoms with van der Waals surface area (Å²) in [5.74, 6) is 0. The lowest BCUT2D eigenvalue weighted by atomic mass is 10.2. The maximum atomic E-state index is 11.3. The predicted molar refractivity (Wildman–Crippen MR) is 72.5 cm³/mol. The normalized spacial score (nSPS) is 11.6. The first-order valence-electron chi connectivity index (χ1n) is 5.61. The highest BCUT2D eigenvalue weighted by atomic mass is 35.5. The van der Waals surface area contributed by atoms with Gasteiger partial charge >= 0.3 is 6.09 Å². The summed E-state index contributed by atoms with van der Waals surface area (Å²) in [6, 6.07) is 1.79. The largest absolute Gasteiger partial charge is 0.444 e. The second kappa shape index (κ2) is 6.40. The van der Waals surface area contributed by atoms with Crippen molar-refractivity contribution in [3.05, 3.63) is 35.1 Å². The third kappa shape index (κ3) is 6.25. The van der Waals surface area contributed by atoms with Gasteiger partial charge in [0.05, 0.1) is 5.02 Å². The number of pyridine rings is 1. The van der Waals surface area contributed by atoms with Crippen LogP contribution in [-0.4, -0.2) is 23.2 Å². The Bertz CT molecular complexity index is 439. The van der Waals surface area contributed by atoms with Gasteiger partial charge in [0.2, 0.25) is 0 Å². The molecule has 0 fully saturated rings. The second-order valence-corrected chi connectivity index (χ2v) is 5.16. The summed E-state index contributed by atoms with van der Waals surface area (Å²) >= 11 is 5.79. The van der Waals surface area contributed by atoms with E-state index in [9.17, 15) is 4.79 Å². The first-order valence-corrected chi connectivity index (χ1v) is 5.98. The summed E-state index contributed by atoms with van der Waals surface area (Å²) in [7, 11) is 0. The molecule has 0 radical (unpaired) electrons. The van der Waals surface area contributed by atoms with Crippen molar-refractivity contribution in [2.75, 3.05) is 6.54 Å². The van der Waals surface area contributed by atoms with Crippen LogP contribution in [0.15, 0.2) is 24.5 Å². The van der Waals surface area contributed by atoms with Crippen molar-refractivity contribution in [3.63, 3.8) is 0 Å². The van der Waals surface area contributed by atoms with Gasteiger partial charge in [-0.3, -0.25) is 4.98 Å². The SMILES string of the molecule is CC(C)(C)OC(=O)NCC=Cc1cncc(Cl)c1. The zero-order valence-corrected chi connectivity index (χ0v) is 11.5. The predicted octanol–water partition coefficient (Wildman–Crippen LogP) is 3.27. The molecule has 5 heteroatoms. The van der Waals surface area contributed by atoms with E-state index in [1.807, 2.05) is 26.8 Å². The van der Waals surface area contributed by atoms with Gasteiger partial charge < -0.3 is 10.1 Å². The lowest BCUT2D eigenvalue weighted by Crippen LogP contribution is -2.32. The van der Waals surface area contributed by atoms with Crippen molar-refractivity contribution in [1.82, 2.24) is 10.3 Å². The second-order valence-electron chi connectivity index (χ2n) is 4.72. The van der Waals surface area contributed by atoms with Gasteiger partial charge in [0.1, 0.15) is 5.60 Å². The van der Waals surface area contributed by atoms with Crippen molar-refractivity contribution in [2.24, 2.45) is 0 Å². The quantitative estimate of drug-likeness (QED) is 0.915. The highest BCUT2D eigenvalue weighted by Crippen LogP contribution is 2.09. The van der Waals surface area contributed by atoms with E-state index in [1.54, 1.807) is 24.5 Å². The van der Waals surface area contributed by atoms with E-state index >= 15 is 0 Å². The fourth-order valence-corrected chi connectivity index (χ4v) is 1.35. The molecule has 1 rings (SSSR count). The Labute approximate surface area is 112 Å². The Hall–Kier alpha value is -1.55. The molecule has 0 aliphatic heterocycles. The number of ether oxygens (including phenoxy) is 1. The van der Waals surface area contributed by atoms with Crippen LogP contribution < -0.4 is 5.32 Å². The molecule has 0 bridgehead atoms. The molecule has 0 spiro atoms. The van der Waals surface area contributed by atoms with E-state index in [4.69, 9.17) is 16.3 Å². The molecule has 0 atom stereocenters. The molecule has 4 nitrogen and oxygen atoms in total. The number of rotatable bonds is 3. The fraction of sp³-hybridized carbons (Fsp3) is 0.385.